The van der Waals surface area contributed by atoms with E-state index in [1.165, 1.54) is 26.2 Å². The van der Waals surface area contributed by atoms with Gasteiger partial charge in [0, 0.05) is 19.8 Å². The molecule has 0 bridgehead atoms. The van der Waals surface area contributed by atoms with E-state index in [-0.39, 0.29) is 22.0 Å². The molecular weight excluding hydrogens is 497 g/mol. The molecule has 2 aromatic carbocycles. The third-order valence-electron chi connectivity index (χ3n) is 5.24. The lowest BCUT2D eigenvalue weighted by atomic mass is 10.1. The van der Waals surface area contributed by atoms with Gasteiger partial charge in [0.2, 0.25) is 11.8 Å². The lowest BCUT2D eigenvalue weighted by molar-refractivity contribution is -0.137. The first-order chi connectivity index (χ1) is 16.9. The Morgan fingerprint density at radius 1 is 1.08 bits per heavy atom. The van der Waals surface area contributed by atoms with Crippen LogP contribution in [0.5, 0.6) is 5.88 Å². The van der Waals surface area contributed by atoms with E-state index in [1.54, 1.807) is 12.1 Å². The van der Waals surface area contributed by atoms with Gasteiger partial charge < -0.3 is 10.4 Å². The van der Waals surface area contributed by atoms with E-state index in [0.29, 0.717) is 5.69 Å². The van der Waals surface area contributed by atoms with Crippen molar-refractivity contribution in [1.82, 2.24) is 9.13 Å². The molecule has 0 aliphatic rings. The average molecular weight is 521 g/mol. The van der Waals surface area contributed by atoms with Gasteiger partial charge in [-0.2, -0.15) is 13.2 Å². The van der Waals surface area contributed by atoms with Crippen molar-refractivity contribution in [3.63, 3.8) is 0 Å². The summed E-state index contributed by atoms with van der Waals surface area (Å²) in [5, 5.41) is 12.9. The highest BCUT2D eigenvalue weighted by atomic mass is 32.2. The average Bonchev–Trinajstić information content (AvgIpc) is 2.85. The SMILES string of the molecule is CCc1ccc(N=C(SCC(=O)Nc2cccc(C(F)(F)F)c2)c2c(O)n(C)c(=O)n(C)c2=O)cc1. The normalized spacial score (nSPS) is 12.0. The van der Waals surface area contributed by atoms with E-state index in [1.807, 2.05) is 19.1 Å². The molecule has 0 aliphatic carbocycles. The number of carbonyl (C=O) groups is 1. The number of thioether (sulfide) groups is 1. The summed E-state index contributed by atoms with van der Waals surface area (Å²) < 4.78 is 40.5. The molecule has 0 radical (unpaired) electrons. The van der Waals surface area contributed by atoms with Gasteiger partial charge in [0.25, 0.3) is 5.56 Å². The number of anilines is 1. The van der Waals surface area contributed by atoms with E-state index >= 15 is 0 Å². The Morgan fingerprint density at radius 3 is 2.36 bits per heavy atom. The van der Waals surface area contributed by atoms with Gasteiger partial charge in [-0.25, -0.2) is 9.79 Å². The lowest BCUT2D eigenvalue weighted by Crippen LogP contribution is -2.39. The van der Waals surface area contributed by atoms with Crippen LogP contribution in [0.15, 0.2) is 63.1 Å². The minimum Gasteiger partial charge on any atom is -0.494 e. The number of alkyl halides is 3. The highest BCUT2D eigenvalue weighted by Gasteiger charge is 2.30. The molecule has 0 fully saturated rings. The predicted octanol–water partition coefficient (Wildman–Crippen LogP) is 3.82. The maximum atomic E-state index is 13.0. The molecule has 0 saturated carbocycles. The summed E-state index contributed by atoms with van der Waals surface area (Å²) in [6.07, 6.45) is -3.77. The Kier molecular flexibility index (Phi) is 8.08. The number of aromatic nitrogens is 2. The summed E-state index contributed by atoms with van der Waals surface area (Å²) >= 11 is 0.795. The number of amides is 1. The van der Waals surface area contributed by atoms with E-state index in [2.05, 4.69) is 10.3 Å². The fourth-order valence-electron chi connectivity index (χ4n) is 3.21. The summed E-state index contributed by atoms with van der Waals surface area (Å²) in [5.74, 6) is -1.62. The van der Waals surface area contributed by atoms with Crippen molar-refractivity contribution in [2.24, 2.45) is 19.1 Å². The third kappa shape index (κ3) is 6.06. The number of nitrogens with zero attached hydrogens (tertiary/aromatic N) is 3. The second kappa shape index (κ2) is 10.9. The van der Waals surface area contributed by atoms with Crippen molar-refractivity contribution in [2.45, 2.75) is 19.5 Å². The fourth-order valence-corrected chi connectivity index (χ4v) is 4.04. The van der Waals surface area contributed by atoms with Gasteiger partial charge in [-0.1, -0.05) is 36.9 Å². The van der Waals surface area contributed by atoms with Gasteiger partial charge in [0.05, 0.1) is 17.0 Å². The molecule has 36 heavy (non-hydrogen) atoms. The molecule has 190 valence electrons. The Hall–Kier alpha value is -3.80. The van der Waals surface area contributed by atoms with Crippen LogP contribution in [0.1, 0.15) is 23.6 Å². The minimum absolute atomic E-state index is 0.0351. The first kappa shape index (κ1) is 26.8. The molecule has 0 spiro atoms. The highest BCUT2D eigenvalue weighted by Crippen LogP contribution is 2.31. The molecule has 0 saturated heterocycles. The van der Waals surface area contributed by atoms with Crippen molar-refractivity contribution in [2.75, 3.05) is 11.1 Å². The first-order valence-corrected chi connectivity index (χ1v) is 11.7. The van der Waals surface area contributed by atoms with Crippen LogP contribution in [0.3, 0.4) is 0 Å². The zero-order chi connectivity index (χ0) is 26.6. The number of aryl methyl sites for hydroxylation is 1. The molecule has 8 nitrogen and oxygen atoms in total. The summed E-state index contributed by atoms with van der Waals surface area (Å²) in [5.41, 5.74) is -1.33. The molecule has 2 N–H and O–H groups in total. The van der Waals surface area contributed by atoms with Gasteiger partial charge in [-0.05, 0) is 42.3 Å². The van der Waals surface area contributed by atoms with Crippen LogP contribution >= 0.6 is 11.8 Å². The van der Waals surface area contributed by atoms with Crippen molar-refractivity contribution < 1.29 is 23.1 Å². The Bertz CT molecular complexity index is 1430. The van der Waals surface area contributed by atoms with E-state index < -0.39 is 34.8 Å². The quantitative estimate of drug-likeness (QED) is 0.380. The smallest absolute Gasteiger partial charge is 0.416 e. The fraction of sp³-hybridized carbons (Fsp3) is 0.250. The summed E-state index contributed by atoms with van der Waals surface area (Å²) in [6, 6.07) is 11.2. The van der Waals surface area contributed by atoms with E-state index in [9.17, 15) is 32.7 Å². The van der Waals surface area contributed by atoms with Crippen LogP contribution in [0.4, 0.5) is 24.5 Å². The van der Waals surface area contributed by atoms with Gasteiger partial charge in [-0.15, -0.1) is 0 Å². The van der Waals surface area contributed by atoms with Crippen LogP contribution in [-0.2, 0) is 31.5 Å². The lowest BCUT2D eigenvalue weighted by Gasteiger charge is -2.13. The highest BCUT2D eigenvalue weighted by molar-refractivity contribution is 8.15. The van der Waals surface area contributed by atoms with Gasteiger partial charge in [0.1, 0.15) is 10.6 Å². The molecule has 1 aromatic heterocycles. The Morgan fingerprint density at radius 2 is 1.75 bits per heavy atom. The topological polar surface area (TPSA) is 106 Å². The predicted molar refractivity (Wildman–Crippen MR) is 133 cm³/mol. The third-order valence-corrected chi connectivity index (χ3v) is 6.21. The molecule has 3 aromatic rings. The maximum absolute atomic E-state index is 13.0. The molecule has 1 heterocycles. The molecule has 12 heteroatoms. The molecular formula is C24H23F3N4O4S. The van der Waals surface area contributed by atoms with Gasteiger partial charge in [0.15, 0.2) is 0 Å². The number of hydrogen-bond donors (Lipinski definition) is 2. The second-order valence-corrected chi connectivity index (χ2v) is 8.72. The van der Waals surface area contributed by atoms with Crippen LogP contribution in [-0.4, -0.2) is 30.9 Å². The van der Waals surface area contributed by atoms with Crippen molar-refractivity contribution >= 4 is 34.1 Å². The standard InChI is InChI=1S/C24H23F3N4O4S/c1-4-14-8-10-16(11-9-14)29-20(19-21(33)30(2)23(35)31(3)22(19)34)36-13-18(32)28-17-7-5-6-15(12-17)24(25,26)27/h5-12,33H,4,13H2,1-3H3,(H,28,32). The molecule has 1 amide bonds. The number of carbonyl (C=O) groups excluding carboxylic acids is 1. The summed E-state index contributed by atoms with van der Waals surface area (Å²) in [7, 11) is 2.52. The van der Waals surface area contributed by atoms with Gasteiger partial charge >= 0.3 is 11.9 Å². The molecule has 0 unspecified atom stereocenters. The zero-order valence-corrected chi connectivity index (χ0v) is 20.4. The number of rotatable bonds is 6. The number of nitrogens with one attached hydrogen (secondary N) is 1. The van der Waals surface area contributed by atoms with E-state index in [0.717, 1.165) is 45.0 Å². The van der Waals surface area contributed by atoms with Crippen LogP contribution in [0, 0.1) is 0 Å². The Balaban J connectivity index is 1.94. The number of aromatic hydroxyl groups is 1. The largest absolute Gasteiger partial charge is 0.494 e. The molecule has 0 aliphatic heterocycles. The van der Waals surface area contributed by atoms with E-state index in [4.69, 9.17) is 0 Å². The Labute approximate surface area is 208 Å². The van der Waals surface area contributed by atoms with Crippen LogP contribution in [0.25, 0.3) is 0 Å². The van der Waals surface area contributed by atoms with Crippen molar-refractivity contribution in [3.05, 3.63) is 86.1 Å². The molecule has 0 atom stereocenters. The number of benzene rings is 2. The molecule has 3 rings (SSSR count). The zero-order valence-electron chi connectivity index (χ0n) is 19.6. The summed E-state index contributed by atoms with van der Waals surface area (Å²) in [4.78, 5) is 42.0. The second-order valence-electron chi connectivity index (χ2n) is 7.76. The monoisotopic (exact) mass is 520 g/mol. The summed E-state index contributed by atoms with van der Waals surface area (Å²) in [6.45, 7) is 1.98. The minimum atomic E-state index is -4.57. The number of aliphatic imine (C=N–C) groups is 1. The van der Waals surface area contributed by atoms with Crippen LogP contribution < -0.4 is 16.6 Å². The number of halogens is 3. The van der Waals surface area contributed by atoms with Crippen molar-refractivity contribution in [1.29, 1.82) is 0 Å². The van der Waals surface area contributed by atoms with Crippen molar-refractivity contribution in [3.8, 4) is 5.88 Å². The first-order valence-electron chi connectivity index (χ1n) is 10.7. The van der Waals surface area contributed by atoms with Crippen LogP contribution in [0.2, 0.25) is 0 Å². The number of hydrogen-bond acceptors (Lipinski definition) is 6. The maximum Gasteiger partial charge on any atom is 0.416 e. The van der Waals surface area contributed by atoms with Gasteiger partial charge in [-0.3, -0.25) is 18.7 Å².